The molecule has 9 heteroatoms. The lowest BCUT2D eigenvalue weighted by atomic mass is 10.2. The number of carbonyl (C=O) groups excluding carboxylic acids is 2. The second-order valence-electron chi connectivity index (χ2n) is 7.21. The number of methoxy groups -OCH3 is 1. The fourth-order valence-electron chi connectivity index (χ4n) is 2.77. The summed E-state index contributed by atoms with van der Waals surface area (Å²) in [6, 6.07) is 4.28. The van der Waals surface area contributed by atoms with Gasteiger partial charge in [-0.1, -0.05) is 13.8 Å². The number of hydrogen-bond acceptors (Lipinski definition) is 7. The maximum Gasteiger partial charge on any atom is 0.338 e. The number of sulfone groups is 1. The molecule has 0 radical (unpaired) electrons. The largest absolute Gasteiger partial charge is 0.493 e. The Bertz CT molecular complexity index is 820. The molecule has 1 aliphatic heterocycles. The number of nitrogens with zero attached hydrogens (tertiary/aromatic N) is 1. The molecule has 1 saturated heterocycles. The first-order valence-electron chi connectivity index (χ1n) is 9.07. The summed E-state index contributed by atoms with van der Waals surface area (Å²) < 4.78 is 39.1. The van der Waals surface area contributed by atoms with Gasteiger partial charge in [-0.15, -0.1) is 0 Å². The van der Waals surface area contributed by atoms with Crippen LogP contribution in [0.1, 0.15) is 30.6 Å². The van der Waals surface area contributed by atoms with Crippen molar-refractivity contribution in [2.24, 2.45) is 5.92 Å². The van der Waals surface area contributed by atoms with Crippen molar-refractivity contribution in [1.82, 2.24) is 4.90 Å². The Kier molecular flexibility index (Phi) is 7.29. The summed E-state index contributed by atoms with van der Waals surface area (Å²) in [6.45, 7) is 4.10. The quantitative estimate of drug-likeness (QED) is 0.596. The van der Waals surface area contributed by atoms with E-state index in [1.807, 2.05) is 13.8 Å². The maximum atomic E-state index is 12.3. The van der Waals surface area contributed by atoms with E-state index in [9.17, 15) is 18.0 Å². The fraction of sp³-hybridized carbons (Fsp3) is 0.579. The normalized spacial score (nSPS) is 18.0. The zero-order valence-corrected chi connectivity index (χ0v) is 17.5. The molecule has 1 aliphatic rings. The van der Waals surface area contributed by atoms with Crippen LogP contribution in [0.4, 0.5) is 0 Å². The smallest absolute Gasteiger partial charge is 0.338 e. The fourth-order valence-corrected chi connectivity index (χ4v) is 4.54. The molecule has 0 N–H and O–H groups in total. The molecule has 1 atom stereocenters. The first kappa shape index (κ1) is 22.0. The molecule has 1 fully saturated rings. The molecule has 8 nitrogen and oxygen atoms in total. The SMILES string of the molecule is COc1cc(C(=O)OCC(=O)N(C)[C@@H]2CCS(=O)(=O)C2)ccc1OCC(C)C. The molecule has 1 aromatic rings. The minimum absolute atomic E-state index is 0.0573. The molecule has 1 aromatic carbocycles. The van der Waals surface area contributed by atoms with Gasteiger partial charge in [0.2, 0.25) is 0 Å². The minimum atomic E-state index is -3.10. The third-order valence-electron chi connectivity index (χ3n) is 4.45. The van der Waals surface area contributed by atoms with Gasteiger partial charge in [0.15, 0.2) is 27.9 Å². The number of ether oxygens (including phenoxy) is 3. The standard InChI is InChI=1S/C19H27NO7S/c1-13(2)10-26-16-6-5-14(9-17(16)25-4)19(22)27-11-18(21)20(3)15-7-8-28(23,24)12-15/h5-6,9,13,15H,7-8,10-12H2,1-4H3/t15-/m1/s1. The second kappa shape index (κ2) is 9.27. The van der Waals surface area contributed by atoms with Crippen molar-refractivity contribution in [1.29, 1.82) is 0 Å². The number of amides is 1. The number of esters is 1. The highest BCUT2D eigenvalue weighted by Gasteiger charge is 2.33. The van der Waals surface area contributed by atoms with Crippen molar-refractivity contribution in [2.75, 3.05) is 38.9 Å². The van der Waals surface area contributed by atoms with Crippen LogP contribution in [0.25, 0.3) is 0 Å². The van der Waals surface area contributed by atoms with E-state index in [1.165, 1.54) is 31.2 Å². The average molecular weight is 413 g/mol. The van der Waals surface area contributed by atoms with E-state index >= 15 is 0 Å². The van der Waals surface area contributed by atoms with Crippen molar-refractivity contribution in [3.63, 3.8) is 0 Å². The van der Waals surface area contributed by atoms with E-state index in [0.717, 1.165) is 0 Å². The molecule has 0 unspecified atom stereocenters. The predicted octanol–water partition coefficient (Wildman–Crippen LogP) is 1.53. The summed E-state index contributed by atoms with van der Waals surface area (Å²) in [4.78, 5) is 25.8. The summed E-state index contributed by atoms with van der Waals surface area (Å²) in [5, 5.41) is 0. The number of carbonyl (C=O) groups is 2. The van der Waals surface area contributed by atoms with Crippen molar-refractivity contribution in [3.05, 3.63) is 23.8 Å². The third-order valence-corrected chi connectivity index (χ3v) is 6.20. The monoisotopic (exact) mass is 413 g/mol. The molecule has 0 spiro atoms. The van der Waals surface area contributed by atoms with Crippen LogP contribution in [0.5, 0.6) is 11.5 Å². The van der Waals surface area contributed by atoms with Crippen LogP contribution in [0.15, 0.2) is 18.2 Å². The zero-order chi connectivity index (χ0) is 20.9. The van der Waals surface area contributed by atoms with Crippen LogP contribution in [0, 0.1) is 5.92 Å². The van der Waals surface area contributed by atoms with Crippen LogP contribution in [0.2, 0.25) is 0 Å². The summed E-state index contributed by atoms with van der Waals surface area (Å²) in [5.41, 5.74) is 0.229. The van der Waals surface area contributed by atoms with Crippen molar-refractivity contribution in [3.8, 4) is 11.5 Å². The maximum absolute atomic E-state index is 12.3. The van der Waals surface area contributed by atoms with Gasteiger partial charge < -0.3 is 19.1 Å². The first-order valence-corrected chi connectivity index (χ1v) is 10.9. The Morgan fingerprint density at radius 1 is 1.25 bits per heavy atom. The van der Waals surface area contributed by atoms with Gasteiger partial charge in [0, 0.05) is 13.1 Å². The van der Waals surface area contributed by atoms with Crippen molar-refractivity contribution < 1.29 is 32.2 Å². The number of rotatable bonds is 8. The van der Waals surface area contributed by atoms with Crippen LogP contribution >= 0.6 is 0 Å². The van der Waals surface area contributed by atoms with Gasteiger partial charge in [-0.05, 0) is 30.5 Å². The van der Waals surface area contributed by atoms with E-state index in [0.29, 0.717) is 30.4 Å². The van der Waals surface area contributed by atoms with E-state index in [4.69, 9.17) is 14.2 Å². The average Bonchev–Trinajstić information content (AvgIpc) is 3.02. The molecule has 0 saturated carbocycles. The van der Waals surface area contributed by atoms with Crippen LogP contribution < -0.4 is 9.47 Å². The topological polar surface area (TPSA) is 99.2 Å². The van der Waals surface area contributed by atoms with Crippen LogP contribution in [-0.4, -0.2) is 70.1 Å². The highest BCUT2D eigenvalue weighted by atomic mass is 32.2. The Hall–Kier alpha value is -2.29. The van der Waals surface area contributed by atoms with E-state index in [-0.39, 0.29) is 23.1 Å². The van der Waals surface area contributed by atoms with Gasteiger partial charge in [-0.3, -0.25) is 4.79 Å². The van der Waals surface area contributed by atoms with Gasteiger partial charge in [0.1, 0.15) is 0 Å². The Balaban J connectivity index is 1.94. The number of hydrogen-bond donors (Lipinski definition) is 0. The van der Waals surface area contributed by atoms with Crippen LogP contribution in [0.3, 0.4) is 0 Å². The molecule has 28 heavy (non-hydrogen) atoms. The molecule has 1 heterocycles. The van der Waals surface area contributed by atoms with Gasteiger partial charge >= 0.3 is 5.97 Å². The highest BCUT2D eigenvalue weighted by molar-refractivity contribution is 7.91. The third kappa shape index (κ3) is 5.85. The summed E-state index contributed by atoms with van der Waals surface area (Å²) >= 11 is 0. The summed E-state index contributed by atoms with van der Waals surface area (Å²) in [5.74, 6) is 0.153. The first-order chi connectivity index (χ1) is 13.1. The zero-order valence-electron chi connectivity index (χ0n) is 16.6. The molecule has 2 rings (SSSR count). The number of likely N-dealkylation sites (N-methyl/N-ethyl adjacent to an activating group) is 1. The van der Waals surface area contributed by atoms with Gasteiger partial charge in [0.25, 0.3) is 5.91 Å². The molecular formula is C19H27NO7S. The molecule has 1 amide bonds. The van der Waals surface area contributed by atoms with Gasteiger partial charge in [0.05, 0.1) is 30.8 Å². The minimum Gasteiger partial charge on any atom is -0.493 e. The lowest BCUT2D eigenvalue weighted by Gasteiger charge is -2.23. The lowest BCUT2D eigenvalue weighted by Crippen LogP contribution is -2.40. The predicted molar refractivity (Wildman–Crippen MR) is 103 cm³/mol. The van der Waals surface area contributed by atoms with E-state index in [1.54, 1.807) is 6.07 Å². The molecule has 0 bridgehead atoms. The van der Waals surface area contributed by atoms with Crippen molar-refractivity contribution in [2.45, 2.75) is 26.3 Å². The molecule has 0 aromatic heterocycles. The van der Waals surface area contributed by atoms with E-state index < -0.39 is 28.3 Å². The Morgan fingerprint density at radius 3 is 2.54 bits per heavy atom. The van der Waals surface area contributed by atoms with Crippen LogP contribution in [-0.2, 0) is 19.4 Å². The van der Waals surface area contributed by atoms with E-state index in [2.05, 4.69) is 0 Å². The summed E-state index contributed by atoms with van der Waals surface area (Å²) in [6.07, 6.45) is 0.396. The molecular weight excluding hydrogens is 386 g/mol. The van der Waals surface area contributed by atoms with Gasteiger partial charge in [-0.2, -0.15) is 0 Å². The number of benzene rings is 1. The molecule has 0 aliphatic carbocycles. The second-order valence-corrected chi connectivity index (χ2v) is 9.44. The Labute approximate surface area is 165 Å². The lowest BCUT2D eigenvalue weighted by molar-refractivity contribution is -0.134. The van der Waals surface area contributed by atoms with Crippen molar-refractivity contribution >= 4 is 21.7 Å². The molecule has 156 valence electrons. The highest BCUT2D eigenvalue weighted by Crippen LogP contribution is 2.28. The summed E-state index contributed by atoms with van der Waals surface area (Å²) in [7, 11) is -0.105. The Morgan fingerprint density at radius 2 is 1.96 bits per heavy atom. The van der Waals surface area contributed by atoms with Gasteiger partial charge in [-0.25, -0.2) is 13.2 Å².